The molecule has 1 aliphatic heterocycles. The van der Waals surface area contributed by atoms with Crippen LogP contribution in [0.3, 0.4) is 0 Å². The number of imidazole rings is 1. The third kappa shape index (κ3) is 3.79. The van der Waals surface area contributed by atoms with Crippen LogP contribution >= 0.6 is 0 Å². The van der Waals surface area contributed by atoms with Crippen molar-refractivity contribution in [1.29, 1.82) is 0 Å². The van der Waals surface area contributed by atoms with Crippen molar-refractivity contribution in [2.75, 3.05) is 19.6 Å². The first-order chi connectivity index (χ1) is 8.68. The number of nitrogens with one attached hydrogen (secondary N) is 2. The van der Waals surface area contributed by atoms with Gasteiger partial charge in [0.05, 0.1) is 6.33 Å². The summed E-state index contributed by atoms with van der Waals surface area (Å²) in [5, 5.41) is 0. The van der Waals surface area contributed by atoms with E-state index >= 15 is 0 Å². The van der Waals surface area contributed by atoms with Gasteiger partial charge in [0.2, 0.25) is 0 Å². The summed E-state index contributed by atoms with van der Waals surface area (Å²) in [6.07, 6.45) is 8.11. The second-order valence-corrected chi connectivity index (χ2v) is 6.29. The highest BCUT2D eigenvalue weighted by atomic mass is 32.2. The second-order valence-electron chi connectivity index (χ2n) is 4.54. The molecule has 0 saturated carbocycles. The Balaban J connectivity index is 1.82. The van der Waals surface area contributed by atoms with Crippen LogP contribution in [0.4, 0.5) is 0 Å². The van der Waals surface area contributed by atoms with Gasteiger partial charge in [0.1, 0.15) is 0 Å². The lowest BCUT2D eigenvalue weighted by molar-refractivity contribution is 0.415. The van der Waals surface area contributed by atoms with Crippen molar-refractivity contribution in [3.05, 3.63) is 18.2 Å². The minimum Gasteiger partial charge on any atom is -0.348 e. The van der Waals surface area contributed by atoms with Gasteiger partial charge in [-0.2, -0.15) is 12.7 Å². The molecule has 0 aromatic carbocycles. The van der Waals surface area contributed by atoms with E-state index in [2.05, 4.69) is 14.7 Å². The largest absolute Gasteiger partial charge is 0.348 e. The molecule has 0 unspecified atom stereocenters. The van der Waals surface area contributed by atoms with Gasteiger partial charge in [0.25, 0.3) is 10.2 Å². The highest BCUT2D eigenvalue weighted by Gasteiger charge is 2.21. The van der Waals surface area contributed by atoms with E-state index in [0.717, 1.165) is 31.4 Å². The number of aromatic nitrogens is 2. The molecule has 1 aliphatic rings. The molecular formula is C11H20N4O2S. The van der Waals surface area contributed by atoms with Gasteiger partial charge in [-0.05, 0) is 12.8 Å². The van der Waals surface area contributed by atoms with Gasteiger partial charge in [-0.25, -0.2) is 9.71 Å². The molecule has 0 spiro atoms. The normalized spacial score (nSPS) is 18.7. The van der Waals surface area contributed by atoms with Crippen LogP contribution in [0.2, 0.25) is 0 Å². The minimum atomic E-state index is -3.31. The lowest BCUT2D eigenvalue weighted by atomic mass is 10.2. The molecule has 1 saturated heterocycles. The summed E-state index contributed by atoms with van der Waals surface area (Å²) in [5.41, 5.74) is 0.938. The zero-order valence-electron chi connectivity index (χ0n) is 10.4. The standard InChI is InChI=1S/C11H20N4O2S/c16-18(17,15-7-3-1-2-4-8-15)14-6-5-11-9-12-10-13-11/h9-10,14H,1-8H2,(H,12,13). The van der Waals surface area contributed by atoms with Crippen LogP contribution in [-0.2, 0) is 16.6 Å². The Hall–Kier alpha value is -0.920. The summed E-state index contributed by atoms with van der Waals surface area (Å²) < 4.78 is 28.3. The maximum absolute atomic E-state index is 12.1. The van der Waals surface area contributed by atoms with Crippen molar-refractivity contribution in [2.45, 2.75) is 32.1 Å². The predicted octanol–water partition coefficient (Wildman–Crippen LogP) is 0.663. The average Bonchev–Trinajstić information content (AvgIpc) is 2.68. The number of nitrogens with zero attached hydrogens (tertiary/aromatic N) is 2. The first kappa shape index (κ1) is 13.5. The van der Waals surface area contributed by atoms with E-state index in [1.807, 2.05) is 0 Å². The quantitative estimate of drug-likeness (QED) is 0.826. The third-order valence-corrected chi connectivity index (χ3v) is 4.75. The topological polar surface area (TPSA) is 78.1 Å². The van der Waals surface area contributed by atoms with E-state index in [1.165, 1.54) is 0 Å². The number of H-pyrrole nitrogens is 1. The van der Waals surface area contributed by atoms with Gasteiger partial charge in [-0.1, -0.05) is 12.8 Å². The Kier molecular flexibility index (Phi) is 4.73. The van der Waals surface area contributed by atoms with Gasteiger partial charge in [0.15, 0.2) is 0 Å². The number of rotatable bonds is 5. The van der Waals surface area contributed by atoms with Crippen molar-refractivity contribution >= 4 is 10.2 Å². The Morgan fingerprint density at radius 3 is 2.61 bits per heavy atom. The van der Waals surface area contributed by atoms with E-state index in [1.54, 1.807) is 16.8 Å². The Labute approximate surface area is 108 Å². The molecule has 0 radical (unpaired) electrons. The summed E-state index contributed by atoms with van der Waals surface area (Å²) in [6.45, 7) is 1.68. The fourth-order valence-corrected chi connectivity index (χ4v) is 3.39. The predicted molar refractivity (Wildman–Crippen MR) is 69.3 cm³/mol. The van der Waals surface area contributed by atoms with Crippen LogP contribution in [-0.4, -0.2) is 42.3 Å². The molecule has 0 bridgehead atoms. The van der Waals surface area contributed by atoms with Gasteiger partial charge < -0.3 is 4.98 Å². The van der Waals surface area contributed by atoms with Crippen LogP contribution in [0.15, 0.2) is 12.5 Å². The number of hydrogen-bond donors (Lipinski definition) is 2. The lowest BCUT2D eigenvalue weighted by Crippen LogP contribution is -2.41. The molecule has 7 heteroatoms. The Morgan fingerprint density at radius 1 is 1.28 bits per heavy atom. The fourth-order valence-electron chi connectivity index (χ4n) is 2.11. The van der Waals surface area contributed by atoms with Crippen LogP contribution in [0.25, 0.3) is 0 Å². The highest BCUT2D eigenvalue weighted by Crippen LogP contribution is 2.12. The maximum Gasteiger partial charge on any atom is 0.279 e. The van der Waals surface area contributed by atoms with Crippen LogP contribution < -0.4 is 4.72 Å². The zero-order valence-corrected chi connectivity index (χ0v) is 11.2. The summed E-state index contributed by atoms with van der Waals surface area (Å²) >= 11 is 0. The first-order valence-corrected chi connectivity index (χ1v) is 7.84. The fraction of sp³-hybridized carbons (Fsp3) is 0.727. The maximum atomic E-state index is 12.1. The number of aromatic amines is 1. The molecule has 2 N–H and O–H groups in total. The van der Waals surface area contributed by atoms with Gasteiger partial charge in [-0.15, -0.1) is 0 Å². The molecule has 2 heterocycles. The monoisotopic (exact) mass is 272 g/mol. The third-order valence-electron chi connectivity index (χ3n) is 3.14. The van der Waals surface area contributed by atoms with Crippen molar-refractivity contribution in [3.63, 3.8) is 0 Å². The average molecular weight is 272 g/mol. The van der Waals surface area contributed by atoms with E-state index in [0.29, 0.717) is 26.1 Å². The lowest BCUT2D eigenvalue weighted by Gasteiger charge is -2.20. The Bertz CT molecular complexity index is 436. The van der Waals surface area contributed by atoms with Crippen LogP contribution in [0, 0.1) is 0 Å². The summed E-state index contributed by atoms with van der Waals surface area (Å²) in [4.78, 5) is 6.85. The van der Waals surface area contributed by atoms with Crippen LogP contribution in [0.5, 0.6) is 0 Å². The molecule has 2 rings (SSSR count). The first-order valence-electron chi connectivity index (χ1n) is 6.40. The molecule has 102 valence electrons. The second kappa shape index (κ2) is 6.31. The van der Waals surface area contributed by atoms with Crippen molar-refractivity contribution in [1.82, 2.24) is 19.0 Å². The number of hydrogen-bond acceptors (Lipinski definition) is 3. The molecule has 0 aliphatic carbocycles. The highest BCUT2D eigenvalue weighted by molar-refractivity contribution is 7.87. The van der Waals surface area contributed by atoms with Gasteiger partial charge >= 0.3 is 0 Å². The summed E-state index contributed by atoms with van der Waals surface area (Å²) in [7, 11) is -3.31. The molecule has 1 aromatic rings. The molecule has 0 atom stereocenters. The van der Waals surface area contributed by atoms with Gasteiger partial charge in [0, 0.05) is 37.9 Å². The van der Waals surface area contributed by atoms with E-state index < -0.39 is 10.2 Å². The molecular weight excluding hydrogens is 252 g/mol. The van der Waals surface area contributed by atoms with Gasteiger partial charge in [-0.3, -0.25) is 0 Å². The van der Waals surface area contributed by atoms with E-state index in [4.69, 9.17) is 0 Å². The van der Waals surface area contributed by atoms with E-state index in [-0.39, 0.29) is 0 Å². The van der Waals surface area contributed by atoms with Crippen LogP contribution in [0.1, 0.15) is 31.4 Å². The molecule has 0 amide bonds. The molecule has 1 fully saturated rings. The van der Waals surface area contributed by atoms with E-state index in [9.17, 15) is 8.42 Å². The minimum absolute atomic E-state index is 0.404. The smallest absolute Gasteiger partial charge is 0.279 e. The molecule has 6 nitrogen and oxygen atoms in total. The summed E-state index contributed by atoms with van der Waals surface area (Å²) in [6, 6.07) is 0. The van der Waals surface area contributed by atoms with Crippen molar-refractivity contribution in [2.24, 2.45) is 0 Å². The zero-order chi connectivity index (χ0) is 12.8. The van der Waals surface area contributed by atoms with Crippen molar-refractivity contribution < 1.29 is 8.42 Å². The SMILES string of the molecule is O=S(=O)(NCCc1cnc[nH]1)N1CCCCCC1. The van der Waals surface area contributed by atoms with Crippen molar-refractivity contribution in [3.8, 4) is 0 Å². The Morgan fingerprint density at radius 2 is 2.00 bits per heavy atom. The summed E-state index contributed by atoms with van der Waals surface area (Å²) in [5.74, 6) is 0. The molecule has 18 heavy (non-hydrogen) atoms. The molecule has 1 aromatic heterocycles.